The number of aromatic nitrogens is 1. The number of carbonyl (C=O) groups is 1. The lowest BCUT2D eigenvalue weighted by atomic mass is 10.2. The normalized spacial score (nSPS) is 10.2. The van der Waals surface area contributed by atoms with Crippen molar-refractivity contribution in [3.63, 3.8) is 0 Å². The molecule has 0 saturated heterocycles. The lowest BCUT2D eigenvalue weighted by Gasteiger charge is -2.04. The lowest BCUT2D eigenvalue weighted by Crippen LogP contribution is -2.35. The van der Waals surface area contributed by atoms with E-state index in [-0.39, 0.29) is 19.2 Å². The second-order valence-electron chi connectivity index (χ2n) is 4.17. The van der Waals surface area contributed by atoms with Crippen molar-refractivity contribution in [2.45, 2.75) is 13.0 Å². The van der Waals surface area contributed by atoms with Gasteiger partial charge in [-0.2, -0.15) is 0 Å². The number of nitrogens with zero attached hydrogens (tertiary/aromatic N) is 1. The van der Waals surface area contributed by atoms with Crippen LogP contribution in [0.4, 0.5) is 4.79 Å². The standard InChI is InChI=1S/C14H17N3O3/c18-8-4-7-15-14(19)17-10-13-16-9-12(20-13)11-5-2-1-3-6-11/h1-3,5-6,9,18H,4,7-8,10H2,(H2,15,17,19). The van der Waals surface area contributed by atoms with Crippen LogP contribution in [0.1, 0.15) is 12.3 Å². The second-order valence-corrected chi connectivity index (χ2v) is 4.17. The van der Waals surface area contributed by atoms with Gasteiger partial charge in [-0.1, -0.05) is 30.3 Å². The summed E-state index contributed by atoms with van der Waals surface area (Å²) in [4.78, 5) is 15.5. The van der Waals surface area contributed by atoms with Crippen LogP contribution in [0.25, 0.3) is 11.3 Å². The Morgan fingerprint density at radius 2 is 2.05 bits per heavy atom. The Bertz CT molecular complexity index is 540. The zero-order valence-electron chi connectivity index (χ0n) is 11.0. The molecule has 0 aliphatic rings. The smallest absolute Gasteiger partial charge is 0.315 e. The molecule has 2 amide bonds. The highest BCUT2D eigenvalue weighted by atomic mass is 16.4. The van der Waals surface area contributed by atoms with Gasteiger partial charge in [-0.25, -0.2) is 9.78 Å². The van der Waals surface area contributed by atoms with Gasteiger partial charge < -0.3 is 20.2 Å². The second kappa shape index (κ2) is 7.30. The van der Waals surface area contributed by atoms with Gasteiger partial charge in [0.2, 0.25) is 5.89 Å². The maximum Gasteiger partial charge on any atom is 0.315 e. The van der Waals surface area contributed by atoms with Crippen molar-refractivity contribution in [2.75, 3.05) is 13.2 Å². The van der Waals surface area contributed by atoms with Gasteiger partial charge in [-0.15, -0.1) is 0 Å². The zero-order chi connectivity index (χ0) is 14.2. The van der Waals surface area contributed by atoms with Crippen LogP contribution in [0.5, 0.6) is 0 Å². The van der Waals surface area contributed by atoms with Crippen LogP contribution >= 0.6 is 0 Å². The van der Waals surface area contributed by atoms with Gasteiger partial charge in [-0.05, 0) is 6.42 Å². The molecule has 0 unspecified atom stereocenters. The zero-order valence-corrected chi connectivity index (χ0v) is 11.0. The van der Waals surface area contributed by atoms with E-state index in [9.17, 15) is 4.79 Å². The van der Waals surface area contributed by atoms with Crippen LogP contribution in [0.15, 0.2) is 40.9 Å². The molecule has 1 aromatic carbocycles. The van der Waals surface area contributed by atoms with E-state index in [1.165, 1.54) is 0 Å². The van der Waals surface area contributed by atoms with Gasteiger partial charge in [0.1, 0.15) is 0 Å². The molecule has 0 saturated carbocycles. The fraction of sp³-hybridized carbons (Fsp3) is 0.286. The molecule has 20 heavy (non-hydrogen) atoms. The minimum Gasteiger partial charge on any atom is -0.439 e. The highest BCUT2D eigenvalue weighted by Gasteiger charge is 2.07. The predicted octanol–water partition coefficient (Wildman–Crippen LogP) is 1.52. The molecule has 1 aromatic heterocycles. The quantitative estimate of drug-likeness (QED) is 0.698. The Labute approximate surface area is 116 Å². The van der Waals surface area contributed by atoms with Gasteiger partial charge >= 0.3 is 6.03 Å². The first kappa shape index (κ1) is 14.1. The van der Waals surface area contributed by atoms with Crippen LogP contribution < -0.4 is 10.6 Å². The molecule has 0 radical (unpaired) electrons. The summed E-state index contributed by atoms with van der Waals surface area (Å²) in [6.45, 7) is 0.710. The molecule has 0 aliphatic heterocycles. The maximum absolute atomic E-state index is 11.4. The first-order valence-electron chi connectivity index (χ1n) is 6.42. The highest BCUT2D eigenvalue weighted by Crippen LogP contribution is 2.19. The molecule has 0 bridgehead atoms. The Morgan fingerprint density at radius 1 is 1.25 bits per heavy atom. The third-order valence-electron chi connectivity index (χ3n) is 2.63. The first-order chi connectivity index (χ1) is 9.79. The molecule has 1 heterocycles. The van der Waals surface area contributed by atoms with Gasteiger partial charge in [0, 0.05) is 18.7 Å². The molecule has 0 atom stereocenters. The molecule has 6 heteroatoms. The Kier molecular flexibility index (Phi) is 5.14. The summed E-state index contributed by atoms with van der Waals surface area (Å²) in [6.07, 6.45) is 2.17. The van der Waals surface area contributed by atoms with Crippen molar-refractivity contribution >= 4 is 6.03 Å². The van der Waals surface area contributed by atoms with Crippen molar-refractivity contribution in [1.82, 2.24) is 15.6 Å². The molecule has 0 aliphatic carbocycles. The summed E-state index contributed by atoms with van der Waals surface area (Å²) in [5, 5.41) is 13.8. The first-order valence-corrected chi connectivity index (χ1v) is 6.42. The monoisotopic (exact) mass is 275 g/mol. The van der Waals surface area contributed by atoms with E-state index in [4.69, 9.17) is 9.52 Å². The molecule has 3 N–H and O–H groups in total. The summed E-state index contributed by atoms with van der Waals surface area (Å²) in [6, 6.07) is 9.32. The van der Waals surface area contributed by atoms with E-state index in [1.54, 1.807) is 6.20 Å². The average molecular weight is 275 g/mol. The van der Waals surface area contributed by atoms with E-state index in [0.29, 0.717) is 24.6 Å². The van der Waals surface area contributed by atoms with Gasteiger partial charge in [0.25, 0.3) is 0 Å². The number of nitrogens with one attached hydrogen (secondary N) is 2. The summed E-state index contributed by atoms with van der Waals surface area (Å²) < 4.78 is 5.55. The molecular weight excluding hydrogens is 258 g/mol. The minimum atomic E-state index is -0.307. The van der Waals surface area contributed by atoms with E-state index in [1.807, 2.05) is 30.3 Å². The molecular formula is C14H17N3O3. The van der Waals surface area contributed by atoms with E-state index < -0.39 is 0 Å². The number of aliphatic hydroxyl groups excluding tert-OH is 1. The van der Waals surface area contributed by atoms with E-state index >= 15 is 0 Å². The number of aliphatic hydroxyl groups is 1. The van der Waals surface area contributed by atoms with Gasteiger partial charge in [0.05, 0.1) is 12.7 Å². The maximum atomic E-state index is 11.4. The summed E-state index contributed by atoms with van der Waals surface area (Å²) in [7, 11) is 0. The topological polar surface area (TPSA) is 87.4 Å². The summed E-state index contributed by atoms with van der Waals surface area (Å²) >= 11 is 0. The minimum absolute atomic E-state index is 0.0560. The fourth-order valence-electron chi connectivity index (χ4n) is 1.63. The van der Waals surface area contributed by atoms with Crippen molar-refractivity contribution in [3.05, 3.63) is 42.4 Å². The Balaban J connectivity index is 1.83. The van der Waals surface area contributed by atoms with Crippen LogP contribution in [0.3, 0.4) is 0 Å². The molecule has 2 rings (SSSR count). The van der Waals surface area contributed by atoms with E-state index in [0.717, 1.165) is 5.56 Å². The fourth-order valence-corrected chi connectivity index (χ4v) is 1.63. The Morgan fingerprint density at radius 3 is 2.80 bits per heavy atom. The molecule has 106 valence electrons. The average Bonchev–Trinajstić information content (AvgIpc) is 2.95. The molecule has 0 fully saturated rings. The number of hydrogen-bond acceptors (Lipinski definition) is 4. The molecule has 0 spiro atoms. The van der Waals surface area contributed by atoms with Crippen LogP contribution in [-0.2, 0) is 6.54 Å². The number of urea groups is 1. The van der Waals surface area contributed by atoms with Crippen molar-refractivity contribution < 1.29 is 14.3 Å². The van der Waals surface area contributed by atoms with Gasteiger partial charge in [-0.3, -0.25) is 0 Å². The van der Waals surface area contributed by atoms with Crippen LogP contribution in [-0.4, -0.2) is 29.3 Å². The van der Waals surface area contributed by atoms with Crippen LogP contribution in [0.2, 0.25) is 0 Å². The SMILES string of the molecule is O=C(NCCCO)NCc1ncc(-c2ccccc2)o1. The third-order valence-corrected chi connectivity index (χ3v) is 2.63. The Hall–Kier alpha value is -2.34. The van der Waals surface area contributed by atoms with Crippen molar-refractivity contribution in [2.24, 2.45) is 0 Å². The number of benzene rings is 1. The number of carbonyl (C=O) groups excluding carboxylic acids is 1. The van der Waals surface area contributed by atoms with E-state index in [2.05, 4.69) is 15.6 Å². The number of hydrogen-bond donors (Lipinski definition) is 3. The highest BCUT2D eigenvalue weighted by molar-refractivity contribution is 5.73. The van der Waals surface area contributed by atoms with Gasteiger partial charge in [0.15, 0.2) is 5.76 Å². The van der Waals surface area contributed by atoms with Crippen molar-refractivity contribution in [1.29, 1.82) is 0 Å². The number of oxazole rings is 1. The van der Waals surface area contributed by atoms with Crippen LogP contribution in [0, 0.1) is 0 Å². The summed E-state index contributed by atoms with van der Waals surface area (Å²) in [5.41, 5.74) is 0.943. The largest absolute Gasteiger partial charge is 0.439 e. The summed E-state index contributed by atoms with van der Waals surface area (Å²) in [5.74, 6) is 1.12. The van der Waals surface area contributed by atoms with Crippen molar-refractivity contribution in [3.8, 4) is 11.3 Å². The number of rotatable bonds is 6. The molecule has 6 nitrogen and oxygen atoms in total. The lowest BCUT2D eigenvalue weighted by molar-refractivity contribution is 0.236. The molecule has 2 aromatic rings. The predicted molar refractivity (Wildman–Crippen MR) is 73.9 cm³/mol. The number of amides is 2. The third kappa shape index (κ3) is 4.10.